The molecule has 1 amide bonds. The molecular weight excluding hydrogens is 327 g/mol. The lowest BCUT2D eigenvalue weighted by molar-refractivity contribution is 0.0932. The zero-order valence-corrected chi connectivity index (χ0v) is 13.6. The Kier molecular flexibility index (Phi) is 4.69. The Morgan fingerprint density at radius 3 is 2.88 bits per heavy atom. The molecule has 1 atom stereocenters. The molecule has 0 aliphatic carbocycles. The van der Waals surface area contributed by atoms with E-state index in [4.69, 9.17) is 9.26 Å². The lowest BCUT2D eigenvalue weighted by atomic mass is 10.2. The first-order valence-corrected chi connectivity index (χ1v) is 7.47. The van der Waals surface area contributed by atoms with Gasteiger partial charge in [-0.05, 0) is 31.2 Å². The number of ether oxygens (including phenoxy) is 1. The molecule has 0 saturated heterocycles. The van der Waals surface area contributed by atoms with Crippen LogP contribution in [0.25, 0.3) is 11.4 Å². The van der Waals surface area contributed by atoms with Gasteiger partial charge in [-0.15, -0.1) is 0 Å². The summed E-state index contributed by atoms with van der Waals surface area (Å²) in [5.41, 5.74) is 0.969. The highest BCUT2D eigenvalue weighted by molar-refractivity contribution is 5.94. The molecule has 0 radical (unpaired) electrons. The summed E-state index contributed by atoms with van der Waals surface area (Å²) >= 11 is 0. The van der Waals surface area contributed by atoms with E-state index in [2.05, 4.69) is 20.4 Å². The van der Waals surface area contributed by atoms with Gasteiger partial charge in [-0.25, -0.2) is 4.98 Å². The highest BCUT2D eigenvalue weighted by Crippen LogP contribution is 2.22. The number of pyridine rings is 1. The zero-order chi connectivity index (χ0) is 17.8. The number of amides is 1. The molecule has 0 spiro atoms. The third-order valence-electron chi connectivity index (χ3n) is 3.48. The molecule has 8 heteroatoms. The molecule has 3 aromatic rings. The van der Waals surface area contributed by atoms with Crippen molar-refractivity contribution in [2.75, 3.05) is 7.11 Å². The van der Waals surface area contributed by atoms with E-state index < -0.39 is 17.9 Å². The molecule has 0 aliphatic rings. The SMILES string of the molecule is COc1cccc(-c2noc([C@@H](C)NC(=O)c3ccc(F)nc3)n2)c1. The second kappa shape index (κ2) is 7.08. The third kappa shape index (κ3) is 3.79. The van der Waals surface area contributed by atoms with E-state index in [1.807, 2.05) is 18.2 Å². The van der Waals surface area contributed by atoms with Crippen molar-refractivity contribution >= 4 is 5.91 Å². The van der Waals surface area contributed by atoms with E-state index in [0.717, 1.165) is 17.8 Å². The van der Waals surface area contributed by atoms with E-state index in [1.54, 1.807) is 20.1 Å². The van der Waals surface area contributed by atoms with Crippen molar-refractivity contribution in [1.29, 1.82) is 0 Å². The molecule has 2 aromatic heterocycles. The van der Waals surface area contributed by atoms with Gasteiger partial charge in [0.25, 0.3) is 5.91 Å². The average Bonchev–Trinajstić information content (AvgIpc) is 3.12. The second-order valence-corrected chi connectivity index (χ2v) is 5.25. The van der Waals surface area contributed by atoms with Gasteiger partial charge in [0.2, 0.25) is 17.7 Å². The molecule has 3 rings (SSSR count). The van der Waals surface area contributed by atoms with Crippen molar-refractivity contribution in [2.24, 2.45) is 0 Å². The largest absolute Gasteiger partial charge is 0.497 e. The van der Waals surface area contributed by atoms with Crippen LogP contribution >= 0.6 is 0 Å². The highest BCUT2D eigenvalue weighted by atomic mass is 19.1. The van der Waals surface area contributed by atoms with Crippen LogP contribution < -0.4 is 10.1 Å². The van der Waals surface area contributed by atoms with Crippen LogP contribution in [-0.4, -0.2) is 28.1 Å². The number of rotatable bonds is 5. The first-order chi connectivity index (χ1) is 12.1. The summed E-state index contributed by atoms with van der Waals surface area (Å²) in [6, 6.07) is 9.17. The standard InChI is InChI=1S/C17H15FN4O3/c1-10(20-16(23)12-6-7-14(18)19-9-12)17-21-15(22-25-17)11-4-3-5-13(8-11)24-2/h3-10H,1-2H3,(H,20,23)/t10-/m1/s1. The number of halogens is 1. The number of carbonyl (C=O) groups is 1. The average molecular weight is 342 g/mol. The molecular formula is C17H15FN4O3. The molecule has 0 fully saturated rings. The number of hydrogen-bond acceptors (Lipinski definition) is 6. The molecule has 2 heterocycles. The Morgan fingerprint density at radius 2 is 2.16 bits per heavy atom. The maximum atomic E-state index is 12.8. The van der Waals surface area contributed by atoms with Crippen molar-refractivity contribution in [1.82, 2.24) is 20.4 Å². The van der Waals surface area contributed by atoms with Gasteiger partial charge in [0.1, 0.15) is 11.8 Å². The molecule has 128 valence electrons. The van der Waals surface area contributed by atoms with Crippen molar-refractivity contribution in [2.45, 2.75) is 13.0 Å². The number of benzene rings is 1. The Balaban J connectivity index is 1.72. The Hall–Kier alpha value is -3.29. The molecule has 1 aromatic carbocycles. The van der Waals surface area contributed by atoms with E-state index in [1.165, 1.54) is 6.07 Å². The van der Waals surface area contributed by atoms with Crippen LogP contribution in [-0.2, 0) is 0 Å². The summed E-state index contributed by atoms with van der Waals surface area (Å²) in [5, 5.41) is 6.62. The molecule has 0 aliphatic heterocycles. The quantitative estimate of drug-likeness (QED) is 0.717. The number of methoxy groups -OCH3 is 1. The van der Waals surface area contributed by atoms with Gasteiger partial charge in [-0.2, -0.15) is 9.37 Å². The molecule has 0 unspecified atom stereocenters. The fourth-order valence-electron chi connectivity index (χ4n) is 2.14. The van der Waals surface area contributed by atoms with Crippen LogP contribution in [0.15, 0.2) is 47.1 Å². The van der Waals surface area contributed by atoms with Crippen LogP contribution in [0.1, 0.15) is 29.2 Å². The fraction of sp³-hybridized carbons (Fsp3) is 0.176. The summed E-state index contributed by atoms with van der Waals surface area (Å²) < 4.78 is 23.2. The van der Waals surface area contributed by atoms with Crippen LogP contribution in [0, 0.1) is 5.95 Å². The second-order valence-electron chi connectivity index (χ2n) is 5.25. The maximum absolute atomic E-state index is 12.8. The van der Waals surface area contributed by atoms with Crippen molar-refractivity contribution in [3.8, 4) is 17.1 Å². The Labute approximate surface area is 142 Å². The summed E-state index contributed by atoms with van der Waals surface area (Å²) in [6.07, 6.45) is 1.16. The first kappa shape index (κ1) is 16.6. The van der Waals surface area contributed by atoms with E-state index >= 15 is 0 Å². The number of nitrogens with zero attached hydrogens (tertiary/aromatic N) is 3. The summed E-state index contributed by atoms with van der Waals surface area (Å²) in [5.74, 6) is 0.249. The minimum Gasteiger partial charge on any atom is -0.497 e. The van der Waals surface area contributed by atoms with Crippen molar-refractivity contribution in [3.05, 3.63) is 60.0 Å². The zero-order valence-electron chi connectivity index (χ0n) is 13.6. The smallest absolute Gasteiger partial charge is 0.253 e. The lowest BCUT2D eigenvalue weighted by Crippen LogP contribution is -2.27. The third-order valence-corrected chi connectivity index (χ3v) is 3.48. The normalized spacial score (nSPS) is 11.8. The lowest BCUT2D eigenvalue weighted by Gasteiger charge is -2.09. The number of hydrogen-bond donors (Lipinski definition) is 1. The summed E-state index contributed by atoms with van der Waals surface area (Å²) in [4.78, 5) is 19.9. The number of aromatic nitrogens is 3. The minimum atomic E-state index is -0.649. The highest BCUT2D eigenvalue weighted by Gasteiger charge is 2.18. The summed E-state index contributed by atoms with van der Waals surface area (Å²) in [7, 11) is 1.57. The van der Waals surface area contributed by atoms with Crippen LogP contribution in [0.5, 0.6) is 5.75 Å². The van der Waals surface area contributed by atoms with E-state index in [-0.39, 0.29) is 11.5 Å². The van der Waals surface area contributed by atoms with Crippen LogP contribution in [0.2, 0.25) is 0 Å². The monoisotopic (exact) mass is 342 g/mol. The van der Waals surface area contributed by atoms with E-state index in [9.17, 15) is 9.18 Å². The van der Waals surface area contributed by atoms with Gasteiger partial charge in [0.05, 0.1) is 12.7 Å². The van der Waals surface area contributed by atoms with Crippen LogP contribution in [0.4, 0.5) is 4.39 Å². The number of nitrogens with one attached hydrogen (secondary N) is 1. The molecule has 0 bridgehead atoms. The maximum Gasteiger partial charge on any atom is 0.253 e. The van der Waals surface area contributed by atoms with Gasteiger partial charge in [-0.1, -0.05) is 17.3 Å². The Bertz CT molecular complexity index is 880. The van der Waals surface area contributed by atoms with E-state index in [0.29, 0.717) is 11.6 Å². The van der Waals surface area contributed by atoms with Crippen LogP contribution in [0.3, 0.4) is 0 Å². The topological polar surface area (TPSA) is 90.1 Å². The molecule has 7 nitrogen and oxygen atoms in total. The van der Waals surface area contributed by atoms with Gasteiger partial charge >= 0.3 is 0 Å². The number of carbonyl (C=O) groups excluding carboxylic acids is 1. The van der Waals surface area contributed by atoms with Gasteiger partial charge < -0.3 is 14.6 Å². The van der Waals surface area contributed by atoms with Gasteiger partial charge in [-0.3, -0.25) is 4.79 Å². The first-order valence-electron chi connectivity index (χ1n) is 7.47. The van der Waals surface area contributed by atoms with Gasteiger partial charge in [0, 0.05) is 11.8 Å². The Morgan fingerprint density at radius 1 is 1.32 bits per heavy atom. The predicted molar refractivity (Wildman–Crippen MR) is 86.4 cm³/mol. The summed E-state index contributed by atoms with van der Waals surface area (Å²) in [6.45, 7) is 1.71. The van der Waals surface area contributed by atoms with Gasteiger partial charge in [0.15, 0.2) is 0 Å². The molecule has 0 saturated carbocycles. The van der Waals surface area contributed by atoms with Crippen molar-refractivity contribution < 1.29 is 18.4 Å². The minimum absolute atomic E-state index is 0.237. The van der Waals surface area contributed by atoms with Crippen molar-refractivity contribution in [3.63, 3.8) is 0 Å². The molecule has 25 heavy (non-hydrogen) atoms. The molecule has 1 N–H and O–H groups in total. The predicted octanol–water partition coefficient (Wildman–Crippen LogP) is 2.77. The fourth-order valence-corrected chi connectivity index (χ4v) is 2.14.